The van der Waals surface area contributed by atoms with Crippen molar-refractivity contribution in [2.45, 2.75) is 12.8 Å². The number of piperidine rings is 1. The number of amides is 1. The number of amidine groups is 1. The fraction of sp³-hybridized carbons (Fsp3) is 0.300. The van der Waals surface area contributed by atoms with E-state index in [0.717, 1.165) is 12.8 Å². The number of aromatic hydroxyl groups is 1. The van der Waals surface area contributed by atoms with Crippen molar-refractivity contribution in [3.05, 3.63) is 53.6 Å². The molecule has 4 N–H and O–H groups in total. The number of benzene rings is 2. The number of nitrogens with two attached hydrogens (primary N) is 1. The van der Waals surface area contributed by atoms with E-state index >= 15 is 0 Å². The SMILES string of the molecule is NC1=NS(=O)Nc2cccc(OCC3CCCN(C(=O)c4ccc(O)cc4)C3)c21. The number of phenolic OH excluding ortho intramolecular Hbond substituents is 1. The van der Waals surface area contributed by atoms with Gasteiger partial charge in [0.2, 0.25) is 11.2 Å². The second-order valence-corrected chi connectivity index (χ2v) is 8.01. The lowest BCUT2D eigenvalue weighted by atomic mass is 9.98. The third kappa shape index (κ3) is 4.19. The van der Waals surface area contributed by atoms with Gasteiger partial charge in [-0.15, -0.1) is 0 Å². The van der Waals surface area contributed by atoms with Gasteiger partial charge in [-0.2, -0.15) is 4.40 Å². The first-order valence-corrected chi connectivity index (χ1v) is 10.5. The summed E-state index contributed by atoms with van der Waals surface area (Å²) in [5.74, 6) is 1.04. The van der Waals surface area contributed by atoms with Gasteiger partial charge < -0.3 is 20.5 Å². The monoisotopic (exact) mass is 414 g/mol. The standard InChI is InChI=1S/C20H22N4O4S/c21-19-18-16(22-29(27)23-19)4-1-5-17(18)28-12-13-3-2-10-24(11-13)20(26)14-6-8-15(25)9-7-14/h1,4-9,13,22,25H,2-3,10-12H2,(H2,21,23). The lowest BCUT2D eigenvalue weighted by molar-refractivity contribution is 0.0633. The first-order chi connectivity index (χ1) is 14.0. The molecule has 8 nitrogen and oxygen atoms in total. The molecule has 2 aliphatic heterocycles. The molecule has 0 bridgehead atoms. The van der Waals surface area contributed by atoms with Crippen molar-refractivity contribution in [2.24, 2.45) is 16.0 Å². The van der Waals surface area contributed by atoms with Crippen LogP contribution < -0.4 is 15.2 Å². The Morgan fingerprint density at radius 2 is 2.10 bits per heavy atom. The highest BCUT2D eigenvalue weighted by molar-refractivity contribution is 7.85. The van der Waals surface area contributed by atoms with E-state index in [1.807, 2.05) is 4.90 Å². The van der Waals surface area contributed by atoms with Gasteiger partial charge in [0.1, 0.15) is 17.3 Å². The zero-order valence-corrected chi connectivity index (χ0v) is 16.5. The normalized spacial score (nSPS) is 21.0. The van der Waals surface area contributed by atoms with Crippen LogP contribution in [0.2, 0.25) is 0 Å². The van der Waals surface area contributed by atoms with Gasteiger partial charge in [-0.1, -0.05) is 6.07 Å². The Labute approximate surface area is 171 Å². The van der Waals surface area contributed by atoms with Crippen LogP contribution in [-0.2, 0) is 11.2 Å². The van der Waals surface area contributed by atoms with Crippen molar-refractivity contribution in [3.63, 3.8) is 0 Å². The molecule has 2 aliphatic rings. The molecular formula is C20H22N4O4S. The summed E-state index contributed by atoms with van der Waals surface area (Å²) in [5.41, 5.74) is 7.75. The average Bonchev–Trinajstić information content (AvgIpc) is 2.72. The number of carbonyl (C=O) groups excluding carboxylic acids is 1. The molecular weight excluding hydrogens is 392 g/mol. The fourth-order valence-electron chi connectivity index (χ4n) is 3.63. The van der Waals surface area contributed by atoms with Crippen LogP contribution in [0.15, 0.2) is 46.9 Å². The van der Waals surface area contributed by atoms with Gasteiger partial charge in [-0.3, -0.25) is 9.52 Å². The number of ether oxygens (including phenoxy) is 1. The van der Waals surface area contributed by atoms with Crippen molar-refractivity contribution >= 4 is 28.6 Å². The van der Waals surface area contributed by atoms with Gasteiger partial charge in [0.15, 0.2) is 0 Å². The average molecular weight is 414 g/mol. The van der Waals surface area contributed by atoms with E-state index in [9.17, 15) is 14.1 Å². The number of nitrogens with one attached hydrogen (secondary N) is 1. The van der Waals surface area contributed by atoms with Crippen LogP contribution in [0.25, 0.3) is 0 Å². The Morgan fingerprint density at radius 3 is 2.90 bits per heavy atom. The first-order valence-electron chi connectivity index (χ1n) is 9.38. The molecule has 2 unspecified atom stereocenters. The minimum absolute atomic E-state index is 0.0464. The van der Waals surface area contributed by atoms with Crippen LogP contribution in [-0.4, -0.2) is 45.7 Å². The minimum Gasteiger partial charge on any atom is -0.508 e. The maximum atomic E-state index is 12.7. The summed E-state index contributed by atoms with van der Waals surface area (Å²) in [6.45, 7) is 1.74. The smallest absolute Gasteiger partial charge is 0.253 e. The number of hydrogen-bond acceptors (Lipinski definition) is 5. The number of anilines is 1. The Bertz CT molecular complexity index is 977. The Morgan fingerprint density at radius 1 is 1.31 bits per heavy atom. The number of hydrogen-bond donors (Lipinski definition) is 3. The summed E-state index contributed by atoms with van der Waals surface area (Å²) in [6.07, 6.45) is 1.86. The minimum atomic E-state index is -1.58. The molecule has 9 heteroatoms. The van der Waals surface area contributed by atoms with Crippen molar-refractivity contribution in [1.82, 2.24) is 4.90 Å². The first kappa shape index (κ1) is 19.3. The molecule has 2 heterocycles. The van der Waals surface area contributed by atoms with Crippen molar-refractivity contribution in [3.8, 4) is 11.5 Å². The lowest BCUT2D eigenvalue weighted by Crippen LogP contribution is -2.41. The number of likely N-dealkylation sites (tertiary alicyclic amines) is 1. The van der Waals surface area contributed by atoms with E-state index in [-0.39, 0.29) is 23.4 Å². The third-order valence-electron chi connectivity index (χ3n) is 5.06. The molecule has 0 aromatic heterocycles. The Balaban J connectivity index is 1.42. The van der Waals surface area contributed by atoms with Crippen LogP contribution in [0.5, 0.6) is 11.5 Å². The summed E-state index contributed by atoms with van der Waals surface area (Å²) in [5, 5.41) is 9.41. The number of rotatable bonds is 4. The topological polar surface area (TPSA) is 117 Å². The molecule has 0 saturated carbocycles. The molecule has 2 aromatic carbocycles. The molecule has 152 valence electrons. The maximum absolute atomic E-state index is 12.7. The second-order valence-electron chi connectivity index (χ2n) is 7.12. The van der Waals surface area contributed by atoms with Gasteiger partial charge in [0.05, 0.1) is 17.9 Å². The van der Waals surface area contributed by atoms with Gasteiger partial charge in [0, 0.05) is 24.6 Å². The van der Waals surface area contributed by atoms with E-state index in [4.69, 9.17) is 10.5 Å². The summed E-state index contributed by atoms with van der Waals surface area (Å²) in [6, 6.07) is 11.7. The van der Waals surface area contributed by atoms with Crippen LogP contribution in [0, 0.1) is 5.92 Å². The molecule has 1 saturated heterocycles. The van der Waals surface area contributed by atoms with E-state index in [1.165, 1.54) is 12.1 Å². The second kappa shape index (κ2) is 8.12. The predicted molar refractivity (Wildman–Crippen MR) is 111 cm³/mol. The quantitative estimate of drug-likeness (QED) is 0.708. The van der Waals surface area contributed by atoms with Crippen LogP contribution in [0.4, 0.5) is 5.69 Å². The Kier molecular flexibility index (Phi) is 5.39. The van der Waals surface area contributed by atoms with Gasteiger partial charge in [-0.05, 0) is 49.2 Å². The molecule has 29 heavy (non-hydrogen) atoms. The maximum Gasteiger partial charge on any atom is 0.253 e. The highest BCUT2D eigenvalue weighted by Gasteiger charge is 2.26. The zero-order valence-electron chi connectivity index (χ0n) is 15.7. The predicted octanol–water partition coefficient (Wildman–Crippen LogP) is 2.03. The third-order valence-corrected chi connectivity index (χ3v) is 5.81. The zero-order chi connectivity index (χ0) is 20.4. The van der Waals surface area contributed by atoms with Crippen LogP contribution in [0.3, 0.4) is 0 Å². The van der Waals surface area contributed by atoms with E-state index in [2.05, 4.69) is 9.12 Å². The molecule has 0 radical (unpaired) electrons. The van der Waals surface area contributed by atoms with Crippen molar-refractivity contribution in [1.29, 1.82) is 0 Å². The highest BCUT2D eigenvalue weighted by Crippen LogP contribution is 2.30. The van der Waals surface area contributed by atoms with Crippen LogP contribution in [0.1, 0.15) is 28.8 Å². The van der Waals surface area contributed by atoms with Gasteiger partial charge in [0.25, 0.3) is 5.91 Å². The summed E-state index contributed by atoms with van der Waals surface area (Å²) in [7, 11) is 0. The summed E-state index contributed by atoms with van der Waals surface area (Å²) < 4.78 is 24.3. The van der Waals surface area contributed by atoms with E-state index in [0.29, 0.717) is 42.3 Å². The summed E-state index contributed by atoms with van der Waals surface area (Å²) in [4.78, 5) is 14.6. The van der Waals surface area contributed by atoms with Gasteiger partial charge >= 0.3 is 0 Å². The molecule has 1 fully saturated rings. The molecule has 4 rings (SSSR count). The molecule has 2 aromatic rings. The number of carbonyl (C=O) groups is 1. The molecule has 2 atom stereocenters. The molecule has 0 aliphatic carbocycles. The van der Waals surface area contributed by atoms with Gasteiger partial charge in [-0.25, -0.2) is 4.21 Å². The molecule has 1 amide bonds. The number of fused-ring (bicyclic) bond motifs is 1. The largest absolute Gasteiger partial charge is 0.508 e. The number of phenols is 1. The Hall–Kier alpha value is -3.07. The molecule has 0 spiro atoms. The number of nitrogens with zero attached hydrogens (tertiary/aromatic N) is 2. The fourth-order valence-corrected chi connectivity index (χ4v) is 4.31. The highest BCUT2D eigenvalue weighted by atomic mass is 32.2. The summed E-state index contributed by atoms with van der Waals surface area (Å²) >= 11 is -1.58. The van der Waals surface area contributed by atoms with Crippen molar-refractivity contribution < 1.29 is 18.8 Å². The lowest BCUT2D eigenvalue weighted by Gasteiger charge is -2.33. The van der Waals surface area contributed by atoms with Crippen molar-refractivity contribution in [2.75, 3.05) is 24.4 Å². The van der Waals surface area contributed by atoms with Crippen LogP contribution >= 0.6 is 0 Å². The van der Waals surface area contributed by atoms with E-state index < -0.39 is 11.2 Å². The van der Waals surface area contributed by atoms with E-state index in [1.54, 1.807) is 30.3 Å².